The maximum absolute atomic E-state index is 12.8. The zero-order valence-electron chi connectivity index (χ0n) is 17.4. The maximum atomic E-state index is 12.8. The van der Waals surface area contributed by atoms with Crippen molar-refractivity contribution >= 4 is 23.3 Å². The van der Waals surface area contributed by atoms with E-state index in [9.17, 15) is 22.8 Å². The Morgan fingerprint density at radius 1 is 0.903 bits per heavy atom. The lowest BCUT2D eigenvalue weighted by atomic mass is 10.1. The number of hydrogen-bond acceptors (Lipinski definition) is 3. The van der Waals surface area contributed by atoms with Crippen LogP contribution in [0.15, 0.2) is 48.5 Å². The van der Waals surface area contributed by atoms with Crippen LogP contribution in [0, 0.1) is 0 Å². The lowest BCUT2D eigenvalue weighted by molar-refractivity contribution is -0.137. The number of nitrogens with one attached hydrogen (secondary N) is 2. The number of nitrogens with zero attached hydrogens (tertiary/aromatic N) is 2. The zero-order chi connectivity index (χ0) is 22.6. The van der Waals surface area contributed by atoms with Gasteiger partial charge in [-0.15, -0.1) is 0 Å². The fourth-order valence-electron chi connectivity index (χ4n) is 3.39. The van der Waals surface area contributed by atoms with Gasteiger partial charge in [-0.25, -0.2) is 4.79 Å². The molecule has 2 aromatic carbocycles. The number of rotatable bonds is 4. The molecule has 0 aliphatic carbocycles. The quantitative estimate of drug-likeness (QED) is 0.744. The number of urea groups is 1. The van der Waals surface area contributed by atoms with Gasteiger partial charge in [0, 0.05) is 49.2 Å². The van der Waals surface area contributed by atoms with Crippen LogP contribution in [0.1, 0.15) is 29.8 Å². The van der Waals surface area contributed by atoms with Crippen LogP contribution in [-0.2, 0) is 6.18 Å². The molecule has 2 aromatic rings. The van der Waals surface area contributed by atoms with Gasteiger partial charge in [-0.3, -0.25) is 9.69 Å². The Kier molecular flexibility index (Phi) is 6.84. The summed E-state index contributed by atoms with van der Waals surface area (Å²) in [4.78, 5) is 29.1. The minimum Gasteiger partial charge on any atom is -0.336 e. The van der Waals surface area contributed by atoms with Gasteiger partial charge >= 0.3 is 12.2 Å². The molecule has 31 heavy (non-hydrogen) atoms. The van der Waals surface area contributed by atoms with Crippen molar-refractivity contribution in [2.75, 3.05) is 36.8 Å². The summed E-state index contributed by atoms with van der Waals surface area (Å²) >= 11 is 0. The summed E-state index contributed by atoms with van der Waals surface area (Å²) < 4.78 is 37.9. The van der Waals surface area contributed by atoms with Gasteiger partial charge in [0.25, 0.3) is 5.91 Å². The molecule has 1 fully saturated rings. The summed E-state index contributed by atoms with van der Waals surface area (Å²) in [5.41, 5.74) is 0.307. The van der Waals surface area contributed by atoms with Gasteiger partial charge in [0.1, 0.15) is 0 Å². The van der Waals surface area contributed by atoms with Crippen molar-refractivity contribution in [3.63, 3.8) is 0 Å². The Hall–Kier alpha value is -3.07. The molecule has 0 bridgehead atoms. The van der Waals surface area contributed by atoms with E-state index in [1.807, 2.05) is 0 Å². The van der Waals surface area contributed by atoms with Crippen LogP contribution >= 0.6 is 0 Å². The van der Waals surface area contributed by atoms with Gasteiger partial charge < -0.3 is 15.5 Å². The highest BCUT2D eigenvalue weighted by Gasteiger charge is 2.30. The highest BCUT2D eigenvalue weighted by atomic mass is 19.4. The molecule has 3 amide bonds. The van der Waals surface area contributed by atoms with Crippen molar-refractivity contribution in [2.45, 2.75) is 26.1 Å². The molecule has 0 atom stereocenters. The number of carbonyl (C=O) groups excluding carboxylic acids is 2. The molecule has 1 saturated heterocycles. The van der Waals surface area contributed by atoms with Crippen LogP contribution in [0.5, 0.6) is 0 Å². The maximum Gasteiger partial charge on any atom is 0.416 e. The predicted molar refractivity (Wildman–Crippen MR) is 113 cm³/mol. The molecule has 0 unspecified atom stereocenters. The first-order valence-corrected chi connectivity index (χ1v) is 10.0. The molecule has 0 spiro atoms. The lowest BCUT2D eigenvalue weighted by Crippen LogP contribution is -2.50. The molecule has 9 heteroatoms. The number of halogens is 3. The van der Waals surface area contributed by atoms with E-state index in [1.165, 1.54) is 12.1 Å². The van der Waals surface area contributed by atoms with Crippen LogP contribution in [0.2, 0.25) is 0 Å². The summed E-state index contributed by atoms with van der Waals surface area (Å²) in [7, 11) is 0. The molecule has 1 aliphatic heterocycles. The second kappa shape index (κ2) is 9.38. The van der Waals surface area contributed by atoms with Gasteiger partial charge in [-0.2, -0.15) is 13.2 Å². The minimum absolute atomic E-state index is 0.102. The van der Waals surface area contributed by atoms with Crippen LogP contribution in [0.3, 0.4) is 0 Å². The first-order chi connectivity index (χ1) is 14.6. The van der Waals surface area contributed by atoms with E-state index in [2.05, 4.69) is 29.4 Å². The summed E-state index contributed by atoms with van der Waals surface area (Å²) in [6, 6.07) is 10.6. The van der Waals surface area contributed by atoms with E-state index in [0.717, 1.165) is 25.2 Å². The van der Waals surface area contributed by atoms with Crippen LogP contribution in [-0.4, -0.2) is 54.0 Å². The second-order valence-corrected chi connectivity index (χ2v) is 7.66. The highest BCUT2D eigenvalue weighted by Crippen LogP contribution is 2.29. The number of alkyl halides is 3. The molecular formula is C22H25F3N4O2. The predicted octanol–water partition coefficient (Wildman–Crippen LogP) is 4.52. The smallest absolute Gasteiger partial charge is 0.336 e. The van der Waals surface area contributed by atoms with E-state index < -0.39 is 17.8 Å². The second-order valence-electron chi connectivity index (χ2n) is 7.66. The molecule has 0 saturated carbocycles. The molecule has 1 heterocycles. The third-order valence-corrected chi connectivity index (χ3v) is 5.17. The summed E-state index contributed by atoms with van der Waals surface area (Å²) in [5, 5.41) is 5.08. The van der Waals surface area contributed by atoms with Gasteiger partial charge in [-0.1, -0.05) is 6.07 Å². The average Bonchev–Trinajstić information content (AvgIpc) is 2.73. The van der Waals surface area contributed by atoms with E-state index in [1.54, 1.807) is 29.2 Å². The summed E-state index contributed by atoms with van der Waals surface area (Å²) in [6.45, 7) is 7.17. The molecule has 6 nitrogen and oxygen atoms in total. The Bertz CT molecular complexity index is 921. The topological polar surface area (TPSA) is 64.7 Å². The van der Waals surface area contributed by atoms with Crippen LogP contribution in [0.4, 0.5) is 29.3 Å². The summed E-state index contributed by atoms with van der Waals surface area (Å²) in [6.07, 6.45) is -4.44. The van der Waals surface area contributed by atoms with Crippen molar-refractivity contribution in [3.8, 4) is 0 Å². The largest absolute Gasteiger partial charge is 0.416 e. The molecule has 2 N–H and O–H groups in total. The van der Waals surface area contributed by atoms with E-state index in [0.29, 0.717) is 30.4 Å². The third kappa shape index (κ3) is 5.97. The van der Waals surface area contributed by atoms with Crippen molar-refractivity contribution in [1.82, 2.24) is 9.80 Å². The van der Waals surface area contributed by atoms with Crippen molar-refractivity contribution in [1.29, 1.82) is 0 Å². The molecule has 1 aliphatic rings. The average molecular weight is 434 g/mol. The number of hydrogen-bond donors (Lipinski definition) is 2. The van der Waals surface area contributed by atoms with Crippen LogP contribution in [0.25, 0.3) is 0 Å². The number of carbonyl (C=O) groups is 2. The Morgan fingerprint density at radius 2 is 1.52 bits per heavy atom. The number of anilines is 2. The molecular weight excluding hydrogens is 409 g/mol. The number of amides is 3. The van der Waals surface area contributed by atoms with E-state index >= 15 is 0 Å². The first-order valence-electron chi connectivity index (χ1n) is 10.0. The van der Waals surface area contributed by atoms with Crippen LogP contribution < -0.4 is 10.6 Å². The normalized spacial score (nSPS) is 15.1. The third-order valence-electron chi connectivity index (χ3n) is 5.17. The van der Waals surface area contributed by atoms with Gasteiger partial charge in [0.15, 0.2) is 0 Å². The van der Waals surface area contributed by atoms with Gasteiger partial charge in [0.05, 0.1) is 5.56 Å². The SMILES string of the molecule is CC(C)N1CCN(C(=O)c2cccc(NC(=O)Nc3ccc(C(F)(F)F)cc3)c2)CC1. The Morgan fingerprint density at radius 3 is 2.10 bits per heavy atom. The minimum atomic E-state index is -4.44. The Balaban J connectivity index is 1.59. The van der Waals surface area contributed by atoms with Gasteiger partial charge in [-0.05, 0) is 56.3 Å². The number of benzene rings is 2. The first kappa shape index (κ1) is 22.6. The highest BCUT2D eigenvalue weighted by molar-refractivity contribution is 6.01. The number of piperazine rings is 1. The molecule has 3 rings (SSSR count). The fourth-order valence-corrected chi connectivity index (χ4v) is 3.39. The van der Waals surface area contributed by atoms with Crippen molar-refractivity contribution in [3.05, 3.63) is 59.7 Å². The van der Waals surface area contributed by atoms with Crippen molar-refractivity contribution in [2.24, 2.45) is 0 Å². The van der Waals surface area contributed by atoms with E-state index in [4.69, 9.17) is 0 Å². The summed E-state index contributed by atoms with van der Waals surface area (Å²) in [5.74, 6) is -0.102. The zero-order valence-corrected chi connectivity index (χ0v) is 17.4. The fraction of sp³-hybridized carbons (Fsp3) is 0.364. The van der Waals surface area contributed by atoms with Crippen molar-refractivity contribution < 1.29 is 22.8 Å². The molecule has 166 valence electrons. The standard InChI is InChI=1S/C22H25F3N4O2/c1-15(2)28-10-12-29(13-11-28)20(30)16-4-3-5-19(14-16)27-21(31)26-18-8-6-17(7-9-18)22(23,24)25/h3-9,14-15H,10-13H2,1-2H3,(H2,26,27,31). The van der Waals surface area contributed by atoms with E-state index in [-0.39, 0.29) is 11.6 Å². The Labute approximate surface area is 179 Å². The molecule has 0 radical (unpaired) electrons. The van der Waals surface area contributed by atoms with Gasteiger partial charge in [0.2, 0.25) is 0 Å². The lowest BCUT2D eigenvalue weighted by Gasteiger charge is -2.37. The molecule has 0 aromatic heterocycles. The monoisotopic (exact) mass is 434 g/mol.